The molecule has 0 aromatic rings. The molecule has 0 N–H and O–H groups in total. The predicted octanol–water partition coefficient (Wildman–Crippen LogP) is 1.29. The number of unbranched alkanes of at least 4 members (excludes halogenated alkanes) is 3. The maximum absolute atomic E-state index is 2.23. The molecule has 0 saturated carbocycles. The summed E-state index contributed by atoms with van der Waals surface area (Å²) >= 11 is 0. The first kappa shape index (κ1) is 15.7. The summed E-state index contributed by atoms with van der Waals surface area (Å²) < 4.78 is 0. The van der Waals surface area contributed by atoms with E-state index < -0.39 is 0 Å². The van der Waals surface area contributed by atoms with Crippen molar-refractivity contribution in [3.05, 3.63) is 0 Å². The van der Waals surface area contributed by atoms with Crippen LogP contribution in [0.2, 0.25) is 0 Å². The zero-order valence-electron chi connectivity index (χ0n) is 5.24. The summed E-state index contributed by atoms with van der Waals surface area (Å²) in [5, 5.41) is 0. The summed E-state index contributed by atoms with van der Waals surface area (Å²) in [6.45, 7) is 4.46. The van der Waals surface area contributed by atoms with Crippen molar-refractivity contribution in [1.82, 2.24) is 0 Å². The Morgan fingerprint density at radius 1 is 0.875 bits per heavy atom. The van der Waals surface area contributed by atoms with E-state index in [1.54, 1.807) is 0 Å². The molecule has 0 aliphatic heterocycles. The Bertz CT molecular complexity index is 20.5. The second-order valence-electron chi connectivity index (χ2n) is 1.71. The van der Waals surface area contributed by atoms with Gasteiger partial charge in [-0.1, -0.05) is 39.5 Å². The normalized spacial score (nSPS) is 6.75. The molecule has 0 fully saturated rings. The van der Waals surface area contributed by atoms with E-state index >= 15 is 0 Å². The van der Waals surface area contributed by atoms with Crippen LogP contribution in [0.3, 0.4) is 0 Å². The van der Waals surface area contributed by atoms with Crippen molar-refractivity contribution in [1.29, 1.82) is 0 Å². The topological polar surface area (TPSA) is 0 Å². The molecular weight excluding hydrogens is 119 g/mol. The average molecular weight is 138 g/mol. The fraction of sp³-hybridized carbons (Fsp3) is 1.00. The average Bonchev–Trinajstić information content (AvgIpc) is 1.61. The van der Waals surface area contributed by atoms with Crippen LogP contribution in [0.4, 0.5) is 4.70 Å². The van der Waals surface area contributed by atoms with E-state index in [4.69, 9.17) is 0 Å². The zero-order chi connectivity index (χ0) is 4.83. The molecule has 8 heavy (non-hydrogen) atoms. The third-order valence-electron chi connectivity index (χ3n) is 0.957. The van der Waals surface area contributed by atoms with Crippen LogP contribution >= 0.6 is 0 Å². The summed E-state index contributed by atoms with van der Waals surface area (Å²) in [4.78, 5) is 0. The second kappa shape index (κ2) is 15.7. The van der Waals surface area contributed by atoms with Crippen molar-refractivity contribution in [3.63, 3.8) is 0 Å². The minimum absolute atomic E-state index is 0. The van der Waals surface area contributed by atoms with Gasteiger partial charge in [0.25, 0.3) is 0 Å². The highest BCUT2D eigenvalue weighted by molar-refractivity contribution is 5.75. The summed E-state index contributed by atoms with van der Waals surface area (Å²) in [7, 11) is 0. The maximum Gasteiger partial charge on any atom is -0.0149 e. The molecule has 0 nitrogen and oxygen atoms in total. The third-order valence-corrected chi connectivity index (χ3v) is 0.957. The van der Waals surface area contributed by atoms with Gasteiger partial charge in [-0.15, -0.1) is 0 Å². The molecule has 0 aliphatic carbocycles. The highest BCUT2D eigenvalue weighted by Gasteiger charge is 1.75. The van der Waals surface area contributed by atoms with Gasteiger partial charge in [0.2, 0.25) is 0 Å². The van der Waals surface area contributed by atoms with E-state index in [1.807, 2.05) is 0 Å². The molecule has 0 rings (SSSR count). The minimum Gasteiger partial charge on any atom is -0.269 e. The number of halogens is 1. The zero-order valence-corrected chi connectivity index (χ0v) is 5.24. The maximum atomic E-state index is 2.23. The molecule has 0 spiro atoms. The summed E-state index contributed by atoms with van der Waals surface area (Å²) in [6, 6.07) is 0. The van der Waals surface area contributed by atoms with Crippen LogP contribution in [0.15, 0.2) is 0 Å². The van der Waals surface area contributed by atoms with Gasteiger partial charge in [0, 0.05) is 0 Å². The predicted molar refractivity (Wildman–Crippen MR) is 43.7 cm³/mol. The van der Waals surface area contributed by atoms with Crippen molar-refractivity contribution >= 4 is 11.0 Å². The molecule has 54 valence electrons. The van der Waals surface area contributed by atoms with Crippen molar-refractivity contribution < 1.29 is 4.70 Å². The van der Waals surface area contributed by atoms with Crippen molar-refractivity contribution in [2.24, 2.45) is 0 Å². The lowest BCUT2D eigenvalue weighted by molar-refractivity contribution is 0.702. The van der Waals surface area contributed by atoms with Crippen LogP contribution in [0.25, 0.3) is 0 Å². The van der Waals surface area contributed by atoms with E-state index in [2.05, 4.69) is 13.8 Å². The van der Waals surface area contributed by atoms with Gasteiger partial charge in [0.05, 0.1) is 0 Å². The molecule has 0 atom stereocenters. The molecule has 2 heteroatoms. The Morgan fingerprint density at radius 3 is 1.25 bits per heavy atom. The largest absolute Gasteiger partial charge is 0.269 e. The molecule has 0 unspecified atom stereocenters. The number of hydrogen-bond acceptors (Lipinski definition) is 0. The SMILES string of the molecule is CCCCCC.F.[SiH4]. The third kappa shape index (κ3) is 16.4. The Labute approximate surface area is 56.1 Å². The lowest BCUT2D eigenvalue weighted by Gasteiger charge is -1.86. The molecule has 0 radical (unpaired) electrons. The molecule has 0 aliphatic rings. The molecule has 0 bridgehead atoms. The molecule has 0 heterocycles. The van der Waals surface area contributed by atoms with Gasteiger partial charge in [-0.05, 0) is 11.0 Å². The van der Waals surface area contributed by atoms with Crippen LogP contribution < -0.4 is 0 Å². The molecule has 0 aromatic heterocycles. The van der Waals surface area contributed by atoms with Gasteiger partial charge in [-0.2, -0.15) is 0 Å². The van der Waals surface area contributed by atoms with Crippen molar-refractivity contribution in [3.8, 4) is 0 Å². The first-order valence-electron chi connectivity index (χ1n) is 2.91. The molecule has 0 amide bonds. The van der Waals surface area contributed by atoms with E-state index in [-0.39, 0.29) is 15.7 Å². The van der Waals surface area contributed by atoms with Gasteiger partial charge in [-0.25, -0.2) is 0 Å². The van der Waals surface area contributed by atoms with E-state index in [1.165, 1.54) is 25.7 Å². The van der Waals surface area contributed by atoms with Gasteiger partial charge < -0.3 is 0 Å². The van der Waals surface area contributed by atoms with Crippen molar-refractivity contribution in [2.75, 3.05) is 0 Å². The Hall–Kier alpha value is 0.147. The quantitative estimate of drug-likeness (QED) is 0.407. The number of hydrogen-bond donors (Lipinski definition) is 0. The van der Waals surface area contributed by atoms with Gasteiger partial charge in [0.1, 0.15) is 0 Å². The van der Waals surface area contributed by atoms with Crippen molar-refractivity contribution in [2.45, 2.75) is 39.5 Å². The second-order valence-corrected chi connectivity index (χ2v) is 1.71. The number of rotatable bonds is 3. The first-order chi connectivity index (χ1) is 2.91. The highest BCUT2D eigenvalue weighted by Crippen LogP contribution is 1.95. The highest BCUT2D eigenvalue weighted by atomic mass is 28.1. The van der Waals surface area contributed by atoms with E-state index in [0.717, 1.165) is 0 Å². The van der Waals surface area contributed by atoms with Gasteiger partial charge >= 0.3 is 0 Å². The Balaban J connectivity index is -0.000000125. The Kier molecular flexibility index (Phi) is 30.8. The van der Waals surface area contributed by atoms with Crippen LogP contribution in [0.5, 0.6) is 0 Å². The van der Waals surface area contributed by atoms with Crippen LogP contribution in [-0.4, -0.2) is 11.0 Å². The lowest BCUT2D eigenvalue weighted by atomic mass is 10.2. The fourth-order valence-electron chi connectivity index (χ4n) is 0.500. The smallest absolute Gasteiger partial charge is 0.0149 e. The van der Waals surface area contributed by atoms with E-state index in [9.17, 15) is 0 Å². The summed E-state index contributed by atoms with van der Waals surface area (Å²) in [6.07, 6.45) is 5.54. The van der Waals surface area contributed by atoms with E-state index in [0.29, 0.717) is 0 Å². The summed E-state index contributed by atoms with van der Waals surface area (Å²) in [5.74, 6) is 0. The minimum atomic E-state index is 0. The lowest BCUT2D eigenvalue weighted by Crippen LogP contribution is -1.66. The van der Waals surface area contributed by atoms with Gasteiger partial charge in [-0.3, -0.25) is 4.70 Å². The summed E-state index contributed by atoms with van der Waals surface area (Å²) in [5.41, 5.74) is 0. The monoisotopic (exact) mass is 138 g/mol. The van der Waals surface area contributed by atoms with Crippen LogP contribution in [0, 0.1) is 0 Å². The van der Waals surface area contributed by atoms with Gasteiger partial charge in [0.15, 0.2) is 0 Å². The fourth-order valence-corrected chi connectivity index (χ4v) is 0.500. The standard InChI is InChI=1S/C6H14.FH.H4Si/c1-3-5-6-4-2;;/h3-6H2,1-2H3;1H;1H4. The molecule has 0 saturated heterocycles. The molecule has 0 aromatic carbocycles. The van der Waals surface area contributed by atoms with Crippen LogP contribution in [0.1, 0.15) is 39.5 Å². The first-order valence-corrected chi connectivity index (χ1v) is 2.91. The molecular formula is C6H19FSi. The van der Waals surface area contributed by atoms with Crippen LogP contribution in [-0.2, 0) is 0 Å². The Morgan fingerprint density at radius 2 is 1.12 bits per heavy atom.